The molecule has 21 heavy (non-hydrogen) atoms. The lowest BCUT2D eigenvalue weighted by Gasteiger charge is -2.48. The number of fused-ring (bicyclic) bond motifs is 1. The van der Waals surface area contributed by atoms with Crippen LogP contribution < -0.4 is 15.5 Å². The second-order valence-electron chi connectivity index (χ2n) is 6.33. The van der Waals surface area contributed by atoms with Crippen molar-refractivity contribution in [1.82, 2.24) is 0 Å². The minimum Gasteiger partial charge on any atom is -0.392 e. The van der Waals surface area contributed by atoms with Gasteiger partial charge in [-0.3, -0.25) is 4.79 Å². The van der Waals surface area contributed by atoms with Crippen molar-refractivity contribution in [2.45, 2.75) is 19.8 Å². The number of likely N-dealkylation sites (N-methyl/N-ethyl adjacent to an activating group) is 1. The zero-order chi connectivity index (χ0) is 15.2. The van der Waals surface area contributed by atoms with Gasteiger partial charge in [0.15, 0.2) is 0 Å². The van der Waals surface area contributed by atoms with Crippen molar-refractivity contribution in [3.8, 4) is 0 Å². The summed E-state index contributed by atoms with van der Waals surface area (Å²) in [6, 6.07) is 8.01. The van der Waals surface area contributed by atoms with E-state index in [1.54, 1.807) is 0 Å². The fraction of sp³-hybridized carbons (Fsp3) is 0.500. The Balaban J connectivity index is 1.96. The first kappa shape index (κ1) is 14.3. The van der Waals surface area contributed by atoms with Crippen LogP contribution in [0.4, 0.5) is 11.4 Å². The molecule has 0 saturated heterocycles. The van der Waals surface area contributed by atoms with Crippen LogP contribution in [0.25, 0.3) is 0 Å². The molecule has 1 aliphatic carbocycles. The van der Waals surface area contributed by atoms with E-state index in [2.05, 4.69) is 18.9 Å². The van der Waals surface area contributed by atoms with Crippen molar-refractivity contribution >= 4 is 34.5 Å². The maximum Gasteiger partial charge on any atom is 0.240 e. The first-order valence-electron chi connectivity index (χ1n) is 7.38. The zero-order valence-corrected chi connectivity index (χ0v) is 13.3. The molecule has 1 aliphatic heterocycles. The van der Waals surface area contributed by atoms with Crippen molar-refractivity contribution in [1.29, 1.82) is 0 Å². The van der Waals surface area contributed by atoms with E-state index in [0.29, 0.717) is 17.5 Å². The van der Waals surface area contributed by atoms with E-state index < -0.39 is 5.41 Å². The number of amides is 1. The smallest absolute Gasteiger partial charge is 0.240 e. The molecule has 2 aliphatic rings. The maximum absolute atomic E-state index is 13.1. The van der Waals surface area contributed by atoms with E-state index in [0.717, 1.165) is 30.8 Å². The SMILES string of the molecule is CC1CC(C(=O)N2CCN(C)c3ccccc32)(C(N)=S)C1. The van der Waals surface area contributed by atoms with E-state index in [-0.39, 0.29) is 5.91 Å². The molecule has 112 valence electrons. The molecule has 0 radical (unpaired) electrons. The maximum atomic E-state index is 13.1. The third-order valence-electron chi connectivity index (χ3n) is 4.76. The minimum atomic E-state index is -0.627. The Hall–Kier alpha value is -1.62. The number of rotatable bonds is 2. The molecule has 1 amide bonds. The van der Waals surface area contributed by atoms with Crippen molar-refractivity contribution in [3.63, 3.8) is 0 Å². The van der Waals surface area contributed by atoms with Gasteiger partial charge in [0.2, 0.25) is 5.91 Å². The molecule has 3 rings (SSSR count). The molecular formula is C16H21N3OS. The highest BCUT2D eigenvalue weighted by Gasteiger charge is 2.53. The summed E-state index contributed by atoms with van der Waals surface area (Å²) in [5.41, 5.74) is 7.35. The van der Waals surface area contributed by atoms with Gasteiger partial charge < -0.3 is 15.5 Å². The summed E-state index contributed by atoms with van der Waals surface area (Å²) >= 11 is 5.22. The largest absolute Gasteiger partial charge is 0.392 e. The van der Waals surface area contributed by atoms with Crippen LogP contribution >= 0.6 is 12.2 Å². The van der Waals surface area contributed by atoms with Crippen molar-refractivity contribution < 1.29 is 4.79 Å². The van der Waals surface area contributed by atoms with Gasteiger partial charge in [-0.2, -0.15) is 0 Å². The molecule has 2 N–H and O–H groups in total. The highest BCUT2D eigenvalue weighted by molar-refractivity contribution is 7.80. The van der Waals surface area contributed by atoms with Gasteiger partial charge in [0, 0.05) is 20.1 Å². The molecule has 4 nitrogen and oxygen atoms in total. The van der Waals surface area contributed by atoms with Crippen molar-refractivity contribution in [2.75, 3.05) is 29.9 Å². The molecule has 1 heterocycles. The van der Waals surface area contributed by atoms with E-state index in [9.17, 15) is 4.79 Å². The van der Waals surface area contributed by atoms with Gasteiger partial charge in [-0.25, -0.2) is 0 Å². The van der Waals surface area contributed by atoms with E-state index in [1.807, 2.05) is 29.2 Å². The summed E-state index contributed by atoms with van der Waals surface area (Å²) < 4.78 is 0. The van der Waals surface area contributed by atoms with Crippen molar-refractivity contribution in [2.24, 2.45) is 17.1 Å². The van der Waals surface area contributed by atoms with Crippen LogP contribution in [-0.4, -0.2) is 31.0 Å². The molecule has 0 atom stereocenters. The molecule has 0 bridgehead atoms. The summed E-state index contributed by atoms with van der Waals surface area (Å²) in [4.78, 5) is 17.5. The Morgan fingerprint density at radius 1 is 1.29 bits per heavy atom. The van der Waals surface area contributed by atoms with Gasteiger partial charge in [-0.05, 0) is 30.9 Å². The van der Waals surface area contributed by atoms with Crippen LogP contribution in [0.3, 0.4) is 0 Å². The van der Waals surface area contributed by atoms with E-state index >= 15 is 0 Å². The monoisotopic (exact) mass is 303 g/mol. The average molecular weight is 303 g/mol. The molecule has 1 aromatic rings. The number of hydrogen-bond acceptors (Lipinski definition) is 3. The summed E-state index contributed by atoms with van der Waals surface area (Å²) in [5.74, 6) is 0.590. The predicted molar refractivity (Wildman–Crippen MR) is 89.7 cm³/mol. The van der Waals surface area contributed by atoms with Crippen LogP contribution in [-0.2, 0) is 4.79 Å². The minimum absolute atomic E-state index is 0.0775. The fourth-order valence-electron chi connectivity index (χ4n) is 3.59. The van der Waals surface area contributed by atoms with Gasteiger partial charge in [-0.15, -0.1) is 0 Å². The molecule has 1 saturated carbocycles. The molecular weight excluding hydrogens is 282 g/mol. The summed E-state index contributed by atoms with van der Waals surface area (Å²) in [6.45, 7) is 3.65. The zero-order valence-electron chi connectivity index (χ0n) is 12.5. The second-order valence-corrected chi connectivity index (χ2v) is 6.77. The molecule has 5 heteroatoms. The quantitative estimate of drug-likeness (QED) is 0.851. The Morgan fingerprint density at radius 3 is 2.48 bits per heavy atom. The highest BCUT2D eigenvalue weighted by atomic mass is 32.1. The number of nitrogens with zero attached hydrogens (tertiary/aromatic N) is 2. The highest BCUT2D eigenvalue weighted by Crippen LogP contribution is 2.48. The van der Waals surface area contributed by atoms with Gasteiger partial charge in [0.1, 0.15) is 0 Å². The molecule has 1 fully saturated rings. The molecule has 0 spiro atoms. The lowest BCUT2D eigenvalue weighted by molar-refractivity contribution is -0.130. The lowest BCUT2D eigenvalue weighted by atomic mass is 9.61. The Morgan fingerprint density at radius 2 is 1.90 bits per heavy atom. The van der Waals surface area contributed by atoms with Crippen LogP contribution in [0.5, 0.6) is 0 Å². The number of benzene rings is 1. The van der Waals surface area contributed by atoms with Gasteiger partial charge in [-0.1, -0.05) is 31.3 Å². The molecule has 1 aromatic carbocycles. The number of hydrogen-bond donors (Lipinski definition) is 1. The molecule has 0 aromatic heterocycles. The van der Waals surface area contributed by atoms with Gasteiger partial charge in [0.05, 0.1) is 21.8 Å². The van der Waals surface area contributed by atoms with Crippen molar-refractivity contribution in [3.05, 3.63) is 24.3 Å². The van der Waals surface area contributed by atoms with Gasteiger partial charge in [0.25, 0.3) is 0 Å². The summed E-state index contributed by atoms with van der Waals surface area (Å²) in [7, 11) is 2.05. The number of nitrogens with two attached hydrogens (primary N) is 1. The van der Waals surface area contributed by atoms with Gasteiger partial charge >= 0.3 is 0 Å². The van der Waals surface area contributed by atoms with Crippen LogP contribution in [0.15, 0.2) is 24.3 Å². The summed E-state index contributed by atoms with van der Waals surface area (Å²) in [6.07, 6.45) is 1.55. The average Bonchev–Trinajstić information content (AvgIpc) is 2.43. The third kappa shape index (κ3) is 2.11. The predicted octanol–water partition coefficient (Wildman–Crippen LogP) is 2.17. The Labute approximate surface area is 130 Å². The Bertz CT molecular complexity index is 595. The number of anilines is 2. The van der Waals surface area contributed by atoms with Crippen LogP contribution in [0.2, 0.25) is 0 Å². The Kier molecular flexibility index (Phi) is 3.40. The number of thiocarbonyl (C=S) groups is 1. The topological polar surface area (TPSA) is 49.6 Å². The van der Waals surface area contributed by atoms with Crippen LogP contribution in [0, 0.1) is 11.3 Å². The number of para-hydroxylation sites is 2. The number of carbonyl (C=O) groups is 1. The van der Waals surface area contributed by atoms with E-state index in [4.69, 9.17) is 18.0 Å². The normalized spacial score (nSPS) is 27.8. The second kappa shape index (κ2) is 4.98. The summed E-state index contributed by atoms with van der Waals surface area (Å²) in [5, 5.41) is 0. The van der Waals surface area contributed by atoms with Crippen LogP contribution in [0.1, 0.15) is 19.8 Å². The van der Waals surface area contributed by atoms with E-state index in [1.165, 1.54) is 0 Å². The first-order chi connectivity index (χ1) is 9.95. The standard InChI is InChI=1S/C16H21N3OS/c1-11-9-16(10-11,14(17)21)15(20)19-8-7-18(2)12-5-3-4-6-13(12)19/h3-6,11H,7-10H2,1-2H3,(H2,17,21). The first-order valence-corrected chi connectivity index (χ1v) is 7.78. The lowest BCUT2D eigenvalue weighted by Crippen LogP contribution is -2.59. The number of carbonyl (C=O) groups excluding carboxylic acids is 1. The fourth-order valence-corrected chi connectivity index (χ4v) is 3.84. The molecule has 0 unspecified atom stereocenters. The third-order valence-corrected chi connectivity index (χ3v) is 5.15.